The summed E-state index contributed by atoms with van der Waals surface area (Å²) < 4.78 is 5.73. The summed E-state index contributed by atoms with van der Waals surface area (Å²) in [6.07, 6.45) is 1.89. The number of aryl methyl sites for hydroxylation is 1. The molecular formula is C22H19NO3. The number of nitrogens with one attached hydrogen (secondary N) is 1. The minimum absolute atomic E-state index is 0.0212. The van der Waals surface area contributed by atoms with Crippen LogP contribution in [0.5, 0.6) is 0 Å². The third-order valence-corrected chi connectivity index (χ3v) is 4.84. The Kier molecular flexibility index (Phi) is 4.17. The summed E-state index contributed by atoms with van der Waals surface area (Å²) in [5.74, 6) is 0.711. The summed E-state index contributed by atoms with van der Waals surface area (Å²) in [4.78, 5) is 23.9. The Morgan fingerprint density at radius 2 is 1.77 bits per heavy atom. The van der Waals surface area contributed by atoms with Crippen molar-refractivity contribution in [3.8, 4) is 11.3 Å². The van der Waals surface area contributed by atoms with Crippen LogP contribution in [0.3, 0.4) is 0 Å². The smallest absolute Gasteiger partial charge is 0.287 e. The fourth-order valence-electron chi connectivity index (χ4n) is 3.42. The van der Waals surface area contributed by atoms with Crippen molar-refractivity contribution < 1.29 is 14.0 Å². The van der Waals surface area contributed by atoms with Crippen molar-refractivity contribution in [2.45, 2.75) is 25.8 Å². The van der Waals surface area contributed by atoms with Crippen molar-refractivity contribution in [3.05, 3.63) is 83.1 Å². The van der Waals surface area contributed by atoms with Gasteiger partial charge in [0.15, 0.2) is 11.5 Å². The number of ketones is 1. The van der Waals surface area contributed by atoms with Gasteiger partial charge in [-0.2, -0.15) is 0 Å². The predicted octanol–water partition coefficient (Wildman–Crippen LogP) is 4.57. The molecule has 4 nitrogen and oxygen atoms in total. The van der Waals surface area contributed by atoms with Gasteiger partial charge in [-0.3, -0.25) is 9.59 Å². The van der Waals surface area contributed by atoms with Crippen LogP contribution in [0, 0.1) is 0 Å². The van der Waals surface area contributed by atoms with Crippen molar-refractivity contribution >= 4 is 11.7 Å². The van der Waals surface area contributed by atoms with Gasteiger partial charge < -0.3 is 9.73 Å². The number of hydrogen-bond donors (Lipinski definition) is 1. The van der Waals surface area contributed by atoms with E-state index in [1.54, 1.807) is 24.3 Å². The van der Waals surface area contributed by atoms with Crippen LogP contribution in [0.2, 0.25) is 0 Å². The molecule has 1 N–H and O–H groups in total. The van der Waals surface area contributed by atoms with Crippen LogP contribution in [0.25, 0.3) is 11.3 Å². The van der Waals surface area contributed by atoms with Crippen molar-refractivity contribution in [3.63, 3.8) is 0 Å². The average molecular weight is 345 g/mol. The zero-order chi connectivity index (χ0) is 18.1. The summed E-state index contributed by atoms with van der Waals surface area (Å²) in [5, 5.41) is 3.06. The minimum Gasteiger partial charge on any atom is -0.451 e. The maximum atomic E-state index is 12.5. The van der Waals surface area contributed by atoms with Gasteiger partial charge in [-0.05, 0) is 43.0 Å². The molecule has 0 saturated carbocycles. The highest BCUT2D eigenvalue weighted by Gasteiger charge is 2.24. The first-order valence-corrected chi connectivity index (χ1v) is 8.72. The fraction of sp³-hybridized carbons (Fsp3) is 0.182. The number of furan rings is 1. The largest absolute Gasteiger partial charge is 0.451 e. The first-order chi connectivity index (χ1) is 12.6. The van der Waals surface area contributed by atoms with E-state index in [1.165, 1.54) is 18.1 Å². The van der Waals surface area contributed by atoms with Crippen LogP contribution < -0.4 is 5.32 Å². The predicted molar refractivity (Wildman–Crippen MR) is 99.1 cm³/mol. The zero-order valence-corrected chi connectivity index (χ0v) is 14.5. The molecule has 4 heteroatoms. The lowest BCUT2D eigenvalue weighted by atomic mass is 10.1. The number of benzene rings is 2. The van der Waals surface area contributed by atoms with Gasteiger partial charge in [-0.1, -0.05) is 48.5 Å². The zero-order valence-electron chi connectivity index (χ0n) is 14.5. The minimum atomic E-state index is -0.210. The Morgan fingerprint density at radius 3 is 2.54 bits per heavy atom. The van der Waals surface area contributed by atoms with Gasteiger partial charge in [0, 0.05) is 11.1 Å². The lowest BCUT2D eigenvalue weighted by Gasteiger charge is -2.12. The highest BCUT2D eigenvalue weighted by Crippen LogP contribution is 2.31. The third-order valence-electron chi connectivity index (χ3n) is 4.84. The molecule has 130 valence electrons. The Labute approximate surface area is 151 Å². The van der Waals surface area contributed by atoms with Crippen LogP contribution in [0.1, 0.15) is 51.4 Å². The van der Waals surface area contributed by atoms with Crippen molar-refractivity contribution in [1.29, 1.82) is 0 Å². The molecule has 0 fully saturated rings. The quantitative estimate of drug-likeness (QED) is 0.705. The summed E-state index contributed by atoms with van der Waals surface area (Å²) in [6, 6.07) is 18.9. The topological polar surface area (TPSA) is 59.3 Å². The number of Topliss-reactive ketones (excluding diaryl/α,β-unsaturated/α-hetero) is 1. The molecule has 0 spiro atoms. The van der Waals surface area contributed by atoms with Gasteiger partial charge in [0.2, 0.25) is 0 Å². The van der Waals surface area contributed by atoms with E-state index in [4.69, 9.17) is 4.42 Å². The van der Waals surface area contributed by atoms with Crippen molar-refractivity contribution in [2.24, 2.45) is 0 Å². The Morgan fingerprint density at radius 1 is 1.00 bits per heavy atom. The van der Waals surface area contributed by atoms with Crippen LogP contribution in [0.15, 0.2) is 65.1 Å². The lowest BCUT2D eigenvalue weighted by Crippen LogP contribution is -2.26. The second-order valence-corrected chi connectivity index (χ2v) is 6.56. The van der Waals surface area contributed by atoms with Crippen LogP contribution in [-0.2, 0) is 6.42 Å². The first-order valence-electron chi connectivity index (χ1n) is 8.72. The summed E-state index contributed by atoms with van der Waals surface area (Å²) in [5.41, 5.74) is 3.97. The molecule has 1 heterocycles. The maximum Gasteiger partial charge on any atom is 0.287 e. The highest BCUT2D eigenvalue weighted by molar-refractivity contribution is 5.94. The summed E-state index contributed by atoms with van der Waals surface area (Å²) in [6.45, 7) is 1.53. The monoisotopic (exact) mass is 345 g/mol. The van der Waals surface area contributed by atoms with E-state index in [0.717, 1.165) is 18.4 Å². The maximum absolute atomic E-state index is 12.5. The molecule has 1 atom stereocenters. The number of carbonyl (C=O) groups is 2. The van der Waals surface area contributed by atoms with Crippen molar-refractivity contribution in [2.75, 3.05) is 0 Å². The van der Waals surface area contributed by atoms with Gasteiger partial charge in [-0.15, -0.1) is 0 Å². The van der Waals surface area contributed by atoms with Gasteiger partial charge in [0.1, 0.15) is 5.76 Å². The van der Waals surface area contributed by atoms with E-state index >= 15 is 0 Å². The molecule has 1 aromatic heterocycles. The van der Waals surface area contributed by atoms with E-state index in [2.05, 4.69) is 17.4 Å². The molecule has 2 aromatic carbocycles. The number of fused-ring (bicyclic) bond motifs is 1. The standard InChI is InChI=1S/C22H19NO3/c1-14(24)15-6-8-17(9-7-15)20-12-13-21(26-20)22(25)23-19-11-10-16-4-2-3-5-18(16)19/h2-9,12-13,19H,10-11H2,1H3,(H,23,25)/t19-/m1/s1. The Hall–Kier alpha value is -3.14. The molecule has 1 aliphatic rings. The van der Waals surface area contributed by atoms with E-state index in [0.29, 0.717) is 17.1 Å². The van der Waals surface area contributed by atoms with E-state index < -0.39 is 0 Å². The second-order valence-electron chi connectivity index (χ2n) is 6.56. The molecule has 0 bridgehead atoms. The van der Waals surface area contributed by atoms with Gasteiger partial charge >= 0.3 is 0 Å². The average Bonchev–Trinajstić information content (AvgIpc) is 3.30. The summed E-state index contributed by atoms with van der Waals surface area (Å²) >= 11 is 0. The van der Waals surface area contributed by atoms with Crippen LogP contribution in [-0.4, -0.2) is 11.7 Å². The number of hydrogen-bond acceptors (Lipinski definition) is 3. The number of carbonyl (C=O) groups excluding carboxylic acids is 2. The van der Waals surface area contributed by atoms with Crippen molar-refractivity contribution in [1.82, 2.24) is 5.32 Å². The van der Waals surface area contributed by atoms with E-state index in [-0.39, 0.29) is 17.7 Å². The molecule has 0 unspecified atom stereocenters. The van der Waals surface area contributed by atoms with Gasteiger partial charge in [0.05, 0.1) is 6.04 Å². The van der Waals surface area contributed by atoms with Gasteiger partial charge in [0.25, 0.3) is 5.91 Å². The van der Waals surface area contributed by atoms with E-state index in [9.17, 15) is 9.59 Å². The normalized spacial score (nSPS) is 15.5. The SMILES string of the molecule is CC(=O)c1ccc(-c2ccc(C(=O)N[C@@H]3CCc4ccccc43)o2)cc1. The number of amides is 1. The molecule has 26 heavy (non-hydrogen) atoms. The molecule has 1 amide bonds. The van der Waals surface area contributed by atoms with Crippen LogP contribution >= 0.6 is 0 Å². The second kappa shape index (κ2) is 6.64. The lowest BCUT2D eigenvalue weighted by molar-refractivity contribution is 0.0909. The molecular weight excluding hydrogens is 326 g/mol. The molecule has 3 aromatic rings. The Bertz CT molecular complexity index is 969. The van der Waals surface area contributed by atoms with E-state index in [1.807, 2.05) is 24.3 Å². The molecule has 4 rings (SSSR count). The molecule has 0 radical (unpaired) electrons. The fourth-order valence-corrected chi connectivity index (χ4v) is 3.42. The first kappa shape index (κ1) is 16.3. The molecule has 0 saturated heterocycles. The molecule has 1 aliphatic carbocycles. The number of rotatable bonds is 4. The third kappa shape index (κ3) is 3.06. The van der Waals surface area contributed by atoms with Crippen LogP contribution in [0.4, 0.5) is 0 Å². The van der Waals surface area contributed by atoms with Gasteiger partial charge in [-0.25, -0.2) is 0 Å². The molecule has 0 aliphatic heterocycles. The Balaban J connectivity index is 1.49. The summed E-state index contributed by atoms with van der Waals surface area (Å²) in [7, 11) is 0. The highest BCUT2D eigenvalue weighted by atomic mass is 16.3.